The smallest absolute Gasteiger partial charge is 0.0741 e. The SMILES string of the molecule is CCC(CC)N(CCOC)c1cccc(Cl)c1N. The molecule has 3 nitrogen and oxygen atoms in total. The van der Waals surface area contributed by atoms with E-state index in [0.717, 1.165) is 25.1 Å². The number of benzene rings is 1. The summed E-state index contributed by atoms with van der Waals surface area (Å²) in [4.78, 5) is 2.30. The van der Waals surface area contributed by atoms with E-state index in [0.29, 0.717) is 23.4 Å². The van der Waals surface area contributed by atoms with Crippen LogP contribution in [-0.2, 0) is 4.74 Å². The quantitative estimate of drug-likeness (QED) is 0.770. The number of anilines is 2. The Hall–Kier alpha value is -0.930. The summed E-state index contributed by atoms with van der Waals surface area (Å²) in [5.41, 5.74) is 7.75. The second-order valence-electron chi connectivity index (χ2n) is 4.33. The lowest BCUT2D eigenvalue weighted by Gasteiger charge is -2.33. The summed E-state index contributed by atoms with van der Waals surface area (Å²) in [5.74, 6) is 0. The molecule has 1 aromatic rings. The Morgan fingerprint density at radius 2 is 2.00 bits per heavy atom. The van der Waals surface area contributed by atoms with Crippen molar-refractivity contribution in [2.24, 2.45) is 0 Å². The number of nitrogens with two attached hydrogens (primary N) is 1. The Balaban J connectivity index is 3.04. The first kappa shape index (κ1) is 15.1. The number of halogens is 1. The molecule has 0 saturated carbocycles. The van der Waals surface area contributed by atoms with Gasteiger partial charge in [-0.25, -0.2) is 0 Å². The fraction of sp³-hybridized carbons (Fsp3) is 0.571. The van der Waals surface area contributed by atoms with Crippen LogP contribution in [0.1, 0.15) is 26.7 Å². The summed E-state index contributed by atoms with van der Waals surface area (Å²) in [6, 6.07) is 6.24. The third-order valence-electron chi connectivity index (χ3n) is 3.26. The van der Waals surface area contributed by atoms with Crippen LogP contribution < -0.4 is 10.6 Å². The summed E-state index contributed by atoms with van der Waals surface area (Å²) in [6.07, 6.45) is 2.15. The molecule has 0 bridgehead atoms. The lowest BCUT2D eigenvalue weighted by molar-refractivity contribution is 0.202. The summed E-state index contributed by atoms with van der Waals surface area (Å²) >= 11 is 6.10. The molecule has 0 atom stereocenters. The van der Waals surface area contributed by atoms with Crippen molar-refractivity contribution in [2.45, 2.75) is 32.7 Å². The largest absolute Gasteiger partial charge is 0.396 e. The maximum Gasteiger partial charge on any atom is 0.0741 e. The van der Waals surface area contributed by atoms with Gasteiger partial charge in [0, 0.05) is 19.7 Å². The Bertz CT molecular complexity index is 367. The average Bonchev–Trinajstić information content (AvgIpc) is 2.38. The number of ether oxygens (including phenoxy) is 1. The highest BCUT2D eigenvalue weighted by Crippen LogP contribution is 2.32. The van der Waals surface area contributed by atoms with Gasteiger partial charge in [0.15, 0.2) is 0 Å². The maximum atomic E-state index is 6.10. The highest BCUT2D eigenvalue weighted by molar-refractivity contribution is 6.33. The standard InChI is InChI=1S/C14H23ClN2O/c1-4-11(5-2)17(9-10-18-3)13-8-6-7-12(15)14(13)16/h6-8,11H,4-5,9-10,16H2,1-3H3. The highest BCUT2D eigenvalue weighted by Gasteiger charge is 2.18. The van der Waals surface area contributed by atoms with Crippen LogP contribution in [0, 0.1) is 0 Å². The van der Waals surface area contributed by atoms with Crippen LogP contribution in [0.15, 0.2) is 18.2 Å². The van der Waals surface area contributed by atoms with Crippen LogP contribution in [0.2, 0.25) is 5.02 Å². The molecule has 0 aliphatic rings. The topological polar surface area (TPSA) is 38.5 Å². The first-order valence-electron chi connectivity index (χ1n) is 6.45. The molecule has 102 valence electrons. The minimum atomic E-state index is 0.459. The van der Waals surface area contributed by atoms with Crippen LogP contribution >= 0.6 is 11.6 Å². The number of nitrogens with zero attached hydrogens (tertiary/aromatic N) is 1. The molecular formula is C14H23ClN2O. The van der Waals surface area contributed by atoms with E-state index in [1.54, 1.807) is 7.11 Å². The fourth-order valence-corrected chi connectivity index (χ4v) is 2.36. The molecule has 0 spiro atoms. The van der Waals surface area contributed by atoms with Crippen molar-refractivity contribution in [3.8, 4) is 0 Å². The lowest BCUT2D eigenvalue weighted by atomic mass is 10.1. The predicted molar refractivity (Wildman–Crippen MR) is 79.5 cm³/mol. The molecule has 2 N–H and O–H groups in total. The van der Waals surface area contributed by atoms with E-state index in [1.807, 2.05) is 18.2 Å². The highest BCUT2D eigenvalue weighted by atomic mass is 35.5. The number of nitrogen functional groups attached to an aromatic ring is 1. The van der Waals surface area contributed by atoms with Crippen LogP contribution in [-0.4, -0.2) is 26.3 Å². The molecule has 0 amide bonds. The number of hydrogen-bond acceptors (Lipinski definition) is 3. The van der Waals surface area contributed by atoms with Gasteiger partial charge in [0.1, 0.15) is 0 Å². The van der Waals surface area contributed by atoms with Crippen molar-refractivity contribution in [1.82, 2.24) is 0 Å². The molecule has 0 aliphatic carbocycles. The van der Waals surface area contributed by atoms with Gasteiger partial charge in [0.25, 0.3) is 0 Å². The van der Waals surface area contributed by atoms with E-state index in [4.69, 9.17) is 22.1 Å². The minimum Gasteiger partial charge on any atom is -0.396 e. The zero-order valence-electron chi connectivity index (χ0n) is 11.4. The normalized spacial score (nSPS) is 10.9. The second-order valence-corrected chi connectivity index (χ2v) is 4.74. The molecule has 0 aromatic heterocycles. The van der Waals surface area contributed by atoms with E-state index >= 15 is 0 Å². The molecular weight excluding hydrogens is 248 g/mol. The van der Waals surface area contributed by atoms with E-state index in [1.165, 1.54) is 0 Å². The van der Waals surface area contributed by atoms with Gasteiger partial charge < -0.3 is 15.4 Å². The molecule has 1 aromatic carbocycles. The van der Waals surface area contributed by atoms with Crippen LogP contribution in [0.4, 0.5) is 11.4 Å². The Morgan fingerprint density at radius 3 is 2.56 bits per heavy atom. The van der Waals surface area contributed by atoms with Crippen LogP contribution in [0.3, 0.4) is 0 Å². The number of rotatable bonds is 7. The predicted octanol–water partition coefficient (Wildman–Crippen LogP) is 3.56. The third kappa shape index (κ3) is 3.53. The van der Waals surface area contributed by atoms with E-state index < -0.39 is 0 Å². The van der Waals surface area contributed by atoms with Crippen molar-refractivity contribution in [3.05, 3.63) is 23.2 Å². The van der Waals surface area contributed by atoms with Crippen molar-refractivity contribution >= 4 is 23.0 Å². The Morgan fingerprint density at radius 1 is 1.33 bits per heavy atom. The van der Waals surface area contributed by atoms with E-state index in [2.05, 4.69) is 18.7 Å². The first-order chi connectivity index (χ1) is 8.65. The van der Waals surface area contributed by atoms with Gasteiger partial charge in [-0.15, -0.1) is 0 Å². The summed E-state index contributed by atoms with van der Waals surface area (Å²) in [5, 5.41) is 0.612. The molecule has 0 heterocycles. The number of methoxy groups -OCH3 is 1. The van der Waals surface area contributed by atoms with Gasteiger partial charge in [-0.05, 0) is 25.0 Å². The van der Waals surface area contributed by atoms with Gasteiger partial charge >= 0.3 is 0 Å². The summed E-state index contributed by atoms with van der Waals surface area (Å²) in [7, 11) is 1.71. The summed E-state index contributed by atoms with van der Waals surface area (Å²) < 4.78 is 5.19. The molecule has 0 radical (unpaired) electrons. The van der Waals surface area contributed by atoms with Gasteiger partial charge in [0.2, 0.25) is 0 Å². The zero-order chi connectivity index (χ0) is 13.5. The van der Waals surface area contributed by atoms with Crippen molar-refractivity contribution in [3.63, 3.8) is 0 Å². The molecule has 0 unspecified atom stereocenters. The van der Waals surface area contributed by atoms with Crippen LogP contribution in [0.5, 0.6) is 0 Å². The molecule has 0 saturated heterocycles. The first-order valence-corrected chi connectivity index (χ1v) is 6.83. The second kappa shape index (κ2) is 7.49. The minimum absolute atomic E-state index is 0.459. The number of para-hydroxylation sites is 1. The van der Waals surface area contributed by atoms with Gasteiger partial charge in [-0.2, -0.15) is 0 Å². The lowest BCUT2D eigenvalue weighted by Crippen LogP contribution is -2.37. The molecule has 0 fully saturated rings. The monoisotopic (exact) mass is 270 g/mol. The van der Waals surface area contributed by atoms with Crippen molar-refractivity contribution in [1.29, 1.82) is 0 Å². The van der Waals surface area contributed by atoms with E-state index in [-0.39, 0.29) is 0 Å². The van der Waals surface area contributed by atoms with Gasteiger partial charge in [-0.1, -0.05) is 31.5 Å². The third-order valence-corrected chi connectivity index (χ3v) is 3.59. The van der Waals surface area contributed by atoms with Crippen molar-refractivity contribution < 1.29 is 4.74 Å². The molecule has 1 rings (SSSR count). The van der Waals surface area contributed by atoms with Crippen LogP contribution in [0.25, 0.3) is 0 Å². The molecule has 0 aliphatic heterocycles. The van der Waals surface area contributed by atoms with Gasteiger partial charge in [0.05, 0.1) is 23.0 Å². The van der Waals surface area contributed by atoms with Crippen molar-refractivity contribution in [2.75, 3.05) is 30.9 Å². The molecule has 4 heteroatoms. The number of hydrogen-bond donors (Lipinski definition) is 1. The maximum absolute atomic E-state index is 6.10. The van der Waals surface area contributed by atoms with Gasteiger partial charge in [-0.3, -0.25) is 0 Å². The average molecular weight is 271 g/mol. The Labute approximate surface area is 115 Å². The summed E-state index contributed by atoms with van der Waals surface area (Å²) in [6.45, 7) is 5.89. The van der Waals surface area contributed by atoms with E-state index in [9.17, 15) is 0 Å². The fourth-order valence-electron chi connectivity index (χ4n) is 2.19. The molecule has 18 heavy (non-hydrogen) atoms. The Kier molecular flexibility index (Phi) is 6.30. The zero-order valence-corrected chi connectivity index (χ0v) is 12.2.